The molecule has 1 rings (SSSR count). The van der Waals surface area contributed by atoms with E-state index in [-0.39, 0.29) is 0 Å². The molecule has 0 aliphatic heterocycles. The molecule has 0 spiro atoms. The van der Waals surface area contributed by atoms with Crippen molar-refractivity contribution in [2.75, 3.05) is 6.54 Å². The largest absolute Gasteiger partial charge is 0.479 e. The van der Waals surface area contributed by atoms with Crippen molar-refractivity contribution in [3.05, 3.63) is 28.8 Å². The Labute approximate surface area is 108 Å². The molecule has 0 radical (unpaired) electrons. The van der Waals surface area contributed by atoms with Crippen molar-refractivity contribution in [2.45, 2.75) is 39.7 Å². The summed E-state index contributed by atoms with van der Waals surface area (Å²) < 4.78 is 5.59. The summed E-state index contributed by atoms with van der Waals surface area (Å²) in [6.07, 6.45) is 0.244. The second-order valence-corrected chi connectivity index (χ2v) is 4.58. The molecule has 4 heteroatoms. The van der Waals surface area contributed by atoms with Gasteiger partial charge in [0.05, 0.1) is 0 Å². The number of aryl methyl sites for hydroxylation is 3. The van der Waals surface area contributed by atoms with Crippen LogP contribution in [-0.2, 0) is 4.79 Å². The molecule has 0 aromatic heterocycles. The topological polar surface area (TPSA) is 72.5 Å². The Hall–Kier alpha value is -1.55. The highest BCUT2D eigenvalue weighted by Gasteiger charge is 2.19. The number of aliphatic carboxylic acids is 1. The molecular formula is C14H21NO3. The fourth-order valence-corrected chi connectivity index (χ4v) is 1.75. The van der Waals surface area contributed by atoms with Crippen LogP contribution in [0, 0.1) is 20.8 Å². The van der Waals surface area contributed by atoms with Crippen LogP contribution in [0.4, 0.5) is 0 Å². The molecule has 0 aliphatic rings. The minimum absolute atomic E-state index is 0.429. The Morgan fingerprint density at radius 3 is 2.44 bits per heavy atom. The van der Waals surface area contributed by atoms with E-state index in [1.54, 1.807) is 0 Å². The predicted molar refractivity (Wildman–Crippen MR) is 71.0 cm³/mol. The van der Waals surface area contributed by atoms with Gasteiger partial charge in [0.1, 0.15) is 5.75 Å². The number of carboxylic acid groups (broad SMARTS) is 1. The monoisotopic (exact) mass is 251 g/mol. The van der Waals surface area contributed by atoms with Gasteiger partial charge >= 0.3 is 5.97 Å². The third kappa shape index (κ3) is 3.74. The van der Waals surface area contributed by atoms with Crippen LogP contribution in [0.15, 0.2) is 12.1 Å². The summed E-state index contributed by atoms with van der Waals surface area (Å²) in [7, 11) is 0. The quantitative estimate of drug-likeness (QED) is 0.812. The first-order chi connectivity index (χ1) is 8.45. The Morgan fingerprint density at radius 2 is 1.89 bits per heavy atom. The van der Waals surface area contributed by atoms with Crippen molar-refractivity contribution in [3.8, 4) is 5.75 Å². The number of rotatable bonds is 6. The van der Waals surface area contributed by atoms with E-state index < -0.39 is 12.1 Å². The zero-order valence-corrected chi connectivity index (χ0v) is 11.2. The lowest BCUT2D eigenvalue weighted by Crippen LogP contribution is -2.28. The summed E-state index contributed by atoms with van der Waals surface area (Å²) in [6.45, 7) is 6.40. The van der Waals surface area contributed by atoms with Crippen molar-refractivity contribution >= 4 is 5.97 Å². The maximum Gasteiger partial charge on any atom is 0.344 e. The lowest BCUT2D eigenvalue weighted by molar-refractivity contribution is -0.145. The molecule has 0 bridgehead atoms. The molecule has 0 saturated carbocycles. The van der Waals surface area contributed by atoms with Gasteiger partial charge in [-0.1, -0.05) is 6.07 Å². The molecule has 1 aromatic carbocycles. The van der Waals surface area contributed by atoms with E-state index in [2.05, 4.69) is 0 Å². The number of nitrogens with two attached hydrogens (primary N) is 1. The van der Waals surface area contributed by atoms with Gasteiger partial charge < -0.3 is 15.6 Å². The number of hydrogen-bond acceptors (Lipinski definition) is 3. The van der Waals surface area contributed by atoms with E-state index in [4.69, 9.17) is 15.6 Å². The van der Waals surface area contributed by atoms with Crippen molar-refractivity contribution in [1.82, 2.24) is 0 Å². The summed E-state index contributed by atoms with van der Waals surface area (Å²) in [6, 6.07) is 3.90. The van der Waals surface area contributed by atoms with Gasteiger partial charge in [0.25, 0.3) is 0 Å². The van der Waals surface area contributed by atoms with Crippen molar-refractivity contribution in [1.29, 1.82) is 0 Å². The van der Waals surface area contributed by atoms with Crippen LogP contribution in [-0.4, -0.2) is 23.7 Å². The van der Waals surface area contributed by atoms with Crippen molar-refractivity contribution in [2.24, 2.45) is 5.73 Å². The van der Waals surface area contributed by atoms with Crippen LogP contribution in [0.1, 0.15) is 29.5 Å². The molecule has 4 nitrogen and oxygen atoms in total. The second kappa shape index (κ2) is 6.40. The smallest absolute Gasteiger partial charge is 0.344 e. The maximum absolute atomic E-state index is 11.1. The Balaban J connectivity index is 2.86. The minimum Gasteiger partial charge on any atom is -0.479 e. The fourth-order valence-electron chi connectivity index (χ4n) is 1.75. The number of carbonyl (C=O) groups is 1. The Kier molecular flexibility index (Phi) is 5.16. The lowest BCUT2D eigenvalue weighted by atomic mass is 10.1. The molecule has 100 valence electrons. The Bertz CT molecular complexity index is 429. The number of carboxylic acids is 1. The molecule has 1 aromatic rings. The normalized spacial score (nSPS) is 12.2. The first-order valence-corrected chi connectivity index (χ1v) is 6.13. The SMILES string of the molecule is Cc1cc(C)c(OC(CCCN)C(=O)O)cc1C. The molecule has 0 aliphatic carbocycles. The van der Waals surface area contributed by atoms with Gasteiger partial charge in [0, 0.05) is 0 Å². The van der Waals surface area contributed by atoms with Gasteiger partial charge in [-0.25, -0.2) is 4.79 Å². The summed E-state index contributed by atoms with van der Waals surface area (Å²) in [4.78, 5) is 11.1. The number of hydrogen-bond donors (Lipinski definition) is 2. The van der Waals surface area contributed by atoms with Crippen LogP contribution < -0.4 is 10.5 Å². The first kappa shape index (κ1) is 14.5. The average molecular weight is 251 g/mol. The van der Waals surface area contributed by atoms with Gasteiger partial charge in [-0.15, -0.1) is 0 Å². The third-order valence-corrected chi connectivity index (χ3v) is 3.01. The van der Waals surface area contributed by atoms with Gasteiger partial charge in [0.2, 0.25) is 0 Å². The molecule has 1 atom stereocenters. The molecule has 3 N–H and O–H groups in total. The second-order valence-electron chi connectivity index (χ2n) is 4.58. The number of benzene rings is 1. The van der Waals surface area contributed by atoms with Crippen LogP contribution >= 0.6 is 0 Å². The zero-order chi connectivity index (χ0) is 13.7. The van der Waals surface area contributed by atoms with Crippen LogP contribution in [0.2, 0.25) is 0 Å². The van der Waals surface area contributed by atoms with E-state index in [9.17, 15) is 4.79 Å². The van der Waals surface area contributed by atoms with Gasteiger partial charge in [-0.05, 0) is 62.9 Å². The average Bonchev–Trinajstić information content (AvgIpc) is 2.30. The highest BCUT2D eigenvalue weighted by Crippen LogP contribution is 2.24. The van der Waals surface area contributed by atoms with Crippen molar-refractivity contribution in [3.63, 3.8) is 0 Å². The van der Waals surface area contributed by atoms with Crippen LogP contribution in [0.3, 0.4) is 0 Å². The maximum atomic E-state index is 11.1. The van der Waals surface area contributed by atoms with Gasteiger partial charge in [0.15, 0.2) is 6.10 Å². The van der Waals surface area contributed by atoms with Crippen LogP contribution in [0.25, 0.3) is 0 Å². The molecule has 0 fully saturated rings. The molecular weight excluding hydrogens is 230 g/mol. The van der Waals surface area contributed by atoms with E-state index in [1.807, 2.05) is 32.9 Å². The Morgan fingerprint density at radius 1 is 1.28 bits per heavy atom. The highest BCUT2D eigenvalue weighted by molar-refractivity contribution is 5.72. The fraction of sp³-hybridized carbons (Fsp3) is 0.500. The molecule has 0 heterocycles. The first-order valence-electron chi connectivity index (χ1n) is 6.13. The van der Waals surface area contributed by atoms with Gasteiger partial charge in [-0.2, -0.15) is 0 Å². The highest BCUT2D eigenvalue weighted by atomic mass is 16.5. The van der Waals surface area contributed by atoms with E-state index in [1.165, 1.54) is 5.56 Å². The summed E-state index contributed by atoms with van der Waals surface area (Å²) in [5, 5.41) is 9.11. The number of ether oxygens (including phenoxy) is 1. The van der Waals surface area contributed by atoms with Gasteiger partial charge in [-0.3, -0.25) is 0 Å². The molecule has 1 unspecified atom stereocenters. The summed E-state index contributed by atoms with van der Waals surface area (Å²) in [5.74, 6) is -0.302. The summed E-state index contributed by atoms with van der Waals surface area (Å²) in [5.41, 5.74) is 8.62. The third-order valence-electron chi connectivity index (χ3n) is 3.01. The van der Waals surface area contributed by atoms with E-state index in [0.717, 1.165) is 11.1 Å². The van der Waals surface area contributed by atoms with E-state index in [0.29, 0.717) is 25.1 Å². The standard InChI is InChI=1S/C14H21NO3/c1-9-7-11(3)13(8-10(9)2)18-12(14(16)17)5-4-6-15/h7-8,12H,4-6,15H2,1-3H3,(H,16,17). The van der Waals surface area contributed by atoms with Crippen LogP contribution in [0.5, 0.6) is 5.75 Å². The molecule has 0 amide bonds. The predicted octanol–water partition coefficient (Wildman–Crippen LogP) is 2.18. The summed E-state index contributed by atoms with van der Waals surface area (Å²) >= 11 is 0. The minimum atomic E-state index is -0.943. The lowest BCUT2D eigenvalue weighted by Gasteiger charge is -2.17. The van der Waals surface area contributed by atoms with E-state index >= 15 is 0 Å². The molecule has 18 heavy (non-hydrogen) atoms. The molecule has 0 saturated heterocycles. The zero-order valence-electron chi connectivity index (χ0n) is 11.2. The van der Waals surface area contributed by atoms with Crippen molar-refractivity contribution < 1.29 is 14.6 Å².